The third-order valence-corrected chi connectivity index (χ3v) is 1.89. The molecule has 0 aliphatic heterocycles. The zero-order chi connectivity index (χ0) is 11.1. The summed E-state index contributed by atoms with van der Waals surface area (Å²) in [5.41, 5.74) is 2.16. The summed E-state index contributed by atoms with van der Waals surface area (Å²) in [6.07, 6.45) is 0.792. The van der Waals surface area contributed by atoms with Crippen molar-refractivity contribution in [3.05, 3.63) is 42.0 Å². The Hall–Kier alpha value is -1.32. The topological polar surface area (TPSA) is 44.5 Å². The largest absolute Gasteiger partial charge is 0.489 e. The van der Waals surface area contributed by atoms with Gasteiger partial charge in [0.15, 0.2) is 0 Å². The van der Waals surface area contributed by atoms with Crippen molar-refractivity contribution < 1.29 is 9.57 Å². The maximum Gasteiger partial charge on any atom is 0.120 e. The van der Waals surface area contributed by atoms with E-state index in [0.717, 1.165) is 23.3 Å². The molecule has 15 heavy (non-hydrogen) atoms. The molecule has 0 spiro atoms. The number of ether oxygens (including phenoxy) is 1. The maximum absolute atomic E-state index is 5.52. The van der Waals surface area contributed by atoms with Gasteiger partial charge in [-0.3, -0.25) is 0 Å². The highest BCUT2D eigenvalue weighted by molar-refractivity contribution is 5.28. The summed E-state index contributed by atoms with van der Waals surface area (Å²) in [6.45, 7) is 6.79. The average molecular weight is 207 g/mol. The Labute approximate surface area is 90.5 Å². The van der Waals surface area contributed by atoms with Gasteiger partial charge >= 0.3 is 0 Å². The van der Waals surface area contributed by atoms with Crippen LogP contribution in [0, 0.1) is 0 Å². The van der Waals surface area contributed by atoms with Crippen molar-refractivity contribution in [1.29, 1.82) is 0 Å². The zero-order valence-corrected chi connectivity index (χ0v) is 9.03. The van der Waals surface area contributed by atoms with Crippen molar-refractivity contribution >= 4 is 0 Å². The van der Waals surface area contributed by atoms with Gasteiger partial charge in [-0.15, -0.1) is 0 Å². The lowest BCUT2D eigenvalue weighted by Crippen LogP contribution is -2.04. The van der Waals surface area contributed by atoms with Gasteiger partial charge in [0.05, 0.1) is 6.61 Å². The van der Waals surface area contributed by atoms with E-state index in [2.05, 4.69) is 11.4 Å². The van der Waals surface area contributed by atoms with Gasteiger partial charge < -0.3 is 9.57 Å². The maximum atomic E-state index is 5.52. The Morgan fingerprint density at radius 1 is 1.47 bits per heavy atom. The molecule has 3 heteroatoms. The number of rotatable bonds is 6. The molecule has 0 aliphatic rings. The lowest BCUT2D eigenvalue weighted by Gasteiger charge is -2.07. The van der Waals surface area contributed by atoms with E-state index in [1.54, 1.807) is 0 Å². The lowest BCUT2D eigenvalue weighted by atomic mass is 10.1. The Bertz CT molecular complexity index is 323. The first-order valence-corrected chi connectivity index (χ1v) is 4.90. The number of nitrogens with two attached hydrogens (primary N) is 1. The molecule has 1 rings (SSSR count). The van der Waals surface area contributed by atoms with Gasteiger partial charge in [0.25, 0.3) is 0 Å². The Morgan fingerprint density at radius 3 is 2.93 bits per heavy atom. The Balaban J connectivity index is 2.53. The number of hydrogen-bond donors (Lipinski definition) is 1. The molecule has 3 nitrogen and oxygen atoms in total. The van der Waals surface area contributed by atoms with Gasteiger partial charge in [-0.2, -0.15) is 0 Å². The first-order chi connectivity index (χ1) is 7.22. The fourth-order valence-electron chi connectivity index (χ4n) is 1.17. The van der Waals surface area contributed by atoms with Crippen LogP contribution in [0.3, 0.4) is 0 Å². The van der Waals surface area contributed by atoms with Crippen molar-refractivity contribution in [2.24, 2.45) is 5.90 Å². The smallest absolute Gasteiger partial charge is 0.120 e. The molecule has 0 aliphatic carbocycles. The van der Waals surface area contributed by atoms with E-state index in [-0.39, 0.29) is 0 Å². The molecule has 0 amide bonds. The first kappa shape index (κ1) is 11.8. The van der Waals surface area contributed by atoms with Crippen molar-refractivity contribution in [2.45, 2.75) is 13.3 Å². The first-order valence-electron chi connectivity index (χ1n) is 4.90. The molecule has 0 saturated carbocycles. The van der Waals surface area contributed by atoms with E-state index in [4.69, 9.17) is 10.6 Å². The van der Waals surface area contributed by atoms with Crippen LogP contribution in [0.1, 0.15) is 12.5 Å². The highest BCUT2D eigenvalue weighted by Crippen LogP contribution is 2.14. The number of benzene rings is 1. The summed E-state index contributed by atoms with van der Waals surface area (Å²) in [5, 5.41) is 0. The molecule has 0 saturated heterocycles. The highest BCUT2D eigenvalue weighted by atomic mass is 16.6. The summed E-state index contributed by atoms with van der Waals surface area (Å²) in [5.74, 6) is 5.82. The normalized spacial score (nSPS) is 10.0. The van der Waals surface area contributed by atoms with Crippen molar-refractivity contribution in [2.75, 3.05) is 13.2 Å². The predicted molar refractivity (Wildman–Crippen MR) is 60.6 cm³/mol. The standard InChI is InChI=1S/C12H17NO2/c1-10(2)9-14-12-5-3-4-11(8-12)6-7-15-13/h3-5,8H,1,6-7,9,13H2,2H3. The molecule has 2 N–H and O–H groups in total. The fourth-order valence-corrected chi connectivity index (χ4v) is 1.17. The third kappa shape index (κ3) is 4.63. The van der Waals surface area contributed by atoms with Crippen LogP contribution in [0.5, 0.6) is 5.75 Å². The minimum Gasteiger partial charge on any atom is -0.489 e. The summed E-state index contributed by atoms with van der Waals surface area (Å²) < 4.78 is 5.52. The molecule has 1 aromatic rings. The second-order valence-electron chi connectivity index (χ2n) is 3.51. The summed E-state index contributed by atoms with van der Waals surface area (Å²) in [6, 6.07) is 7.89. The summed E-state index contributed by atoms with van der Waals surface area (Å²) in [4.78, 5) is 4.53. The Morgan fingerprint density at radius 2 is 2.27 bits per heavy atom. The van der Waals surface area contributed by atoms with Gasteiger partial charge in [0.2, 0.25) is 0 Å². The summed E-state index contributed by atoms with van der Waals surface area (Å²) >= 11 is 0. The summed E-state index contributed by atoms with van der Waals surface area (Å²) in [7, 11) is 0. The number of hydrogen-bond acceptors (Lipinski definition) is 3. The zero-order valence-electron chi connectivity index (χ0n) is 9.03. The van der Waals surface area contributed by atoms with E-state index in [1.807, 2.05) is 31.2 Å². The van der Waals surface area contributed by atoms with Crippen LogP contribution in [0.25, 0.3) is 0 Å². The van der Waals surface area contributed by atoms with Crippen LogP contribution in [0.15, 0.2) is 36.4 Å². The second-order valence-corrected chi connectivity index (χ2v) is 3.51. The quantitative estimate of drug-likeness (QED) is 0.573. The molecule has 0 unspecified atom stereocenters. The lowest BCUT2D eigenvalue weighted by molar-refractivity contribution is 0.141. The van der Waals surface area contributed by atoms with Crippen LogP contribution < -0.4 is 10.6 Å². The van der Waals surface area contributed by atoms with Gasteiger partial charge in [0, 0.05) is 0 Å². The van der Waals surface area contributed by atoms with Crippen molar-refractivity contribution in [1.82, 2.24) is 0 Å². The van der Waals surface area contributed by atoms with Gasteiger partial charge in [-0.25, -0.2) is 5.90 Å². The van der Waals surface area contributed by atoms with Gasteiger partial charge in [-0.1, -0.05) is 18.7 Å². The average Bonchev–Trinajstić information content (AvgIpc) is 2.24. The van der Waals surface area contributed by atoms with Crippen LogP contribution in [0.2, 0.25) is 0 Å². The molecule has 0 heterocycles. The minimum atomic E-state index is 0.518. The molecule has 1 aromatic carbocycles. The molecule has 0 atom stereocenters. The molecule has 0 bridgehead atoms. The van der Waals surface area contributed by atoms with E-state index in [0.29, 0.717) is 13.2 Å². The van der Waals surface area contributed by atoms with Crippen LogP contribution in [0.4, 0.5) is 0 Å². The molecule has 0 radical (unpaired) electrons. The van der Waals surface area contributed by atoms with Crippen LogP contribution in [-0.2, 0) is 11.3 Å². The van der Waals surface area contributed by atoms with Crippen molar-refractivity contribution in [3.8, 4) is 5.75 Å². The molecule has 82 valence electrons. The third-order valence-electron chi connectivity index (χ3n) is 1.89. The SMILES string of the molecule is C=C(C)COc1cccc(CCON)c1. The second kappa shape index (κ2) is 6.22. The molecular weight excluding hydrogens is 190 g/mol. The van der Waals surface area contributed by atoms with Crippen molar-refractivity contribution in [3.63, 3.8) is 0 Å². The van der Waals surface area contributed by atoms with Gasteiger partial charge in [-0.05, 0) is 36.6 Å². The van der Waals surface area contributed by atoms with Crippen LogP contribution >= 0.6 is 0 Å². The molecule has 0 aromatic heterocycles. The van der Waals surface area contributed by atoms with E-state index in [9.17, 15) is 0 Å². The molecular formula is C12H17NO2. The molecule has 0 fully saturated rings. The monoisotopic (exact) mass is 207 g/mol. The highest BCUT2D eigenvalue weighted by Gasteiger charge is 1.97. The predicted octanol–water partition coefficient (Wildman–Crippen LogP) is 2.07. The Kier molecular flexibility index (Phi) is 4.87. The minimum absolute atomic E-state index is 0.518. The fraction of sp³-hybridized carbons (Fsp3) is 0.333. The van der Waals surface area contributed by atoms with Crippen LogP contribution in [-0.4, -0.2) is 13.2 Å². The van der Waals surface area contributed by atoms with E-state index >= 15 is 0 Å². The van der Waals surface area contributed by atoms with Gasteiger partial charge in [0.1, 0.15) is 12.4 Å². The van der Waals surface area contributed by atoms with E-state index in [1.165, 1.54) is 0 Å². The van der Waals surface area contributed by atoms with E-state index < -0.39 is 0 Å².